The zero-order valence-corrected chi connectivity index (χ0v) is 15.6. The Hall–Kier alpha value is -4.58. The number of benzene rings is 2. The molecule has 0 radical (unpaired) electrons. The van der Waals surface area contributed by atoms with Crippen molar-refractivity contribution >= 4 is 11.9 Å². The van der Waals surface area contributed by atoms with Crippen molar-refractivity contribution in [1.29, 1.82) is 5.26 Å². The molecule has 2 aromatic carbocycles. The van der Waals surface area contributed by atoms with Crippen molar-refractivity contribution < 1.29 is 9.90 Å². The van der Waals surface area contributed by atoms with Crippen molar-refractivity contribution in [1.82, 2.24) is 25.0 Å². The van der Waals surface area contributed by atoms with Gasteiger partial charge in [0.25, 0.3) is 0 Å². The van der Waals surface area contributed by atoms with Crippen molar-refractivity contribution in [3.63, 3.8) is 0 Å². The summed E-state index contributed by atoms with van der Waals surface area (Å²) in [5.41, 5.74) is 9.68. The van der Waals surface area contributed by atoms with E-state index in [1.807, 2.05) is 12.1 Å². The number of carboxylic acid groups (broad SMARTS) is 1. The molecule has 4 aromatic rings. The predicted molar refractivity (Wildman–Crippen MR) is 108 cm³/mol. The summed E-state index contributed by atoms with van der Waals surface area (Å²) in [7, 11) is 0. The first-order valence-corrected chi connectivity index (χ1v) is 8.89. The second-order valence-electron chi connectivity index (χ2n) is 6.50. The Labute approximate surface area is 171 Å². The van der Waals surface area contributed by atoms with Crippen LogP contribution in [0.3, 0.4) is 0 Å². The van der Waals surface area contributed by atoms with Gasteiger partial charge in [0.2, 0.25) is 5.95 Å². The fourth-order valence-electron chi connectivity index (χ4n) is 2.98. The predicted octanol–water partition coefficient (Wildman–Crippen LogP) is 2.60. The fourth-order valence-corrected chi connectivity index (χ4v) is 2.98. The van der Waals surface area contributed by atoms with Gasteiger partial charge < -0.3 is 10.8 Å². The van der Waals surface area contributed by atoms with Crippen molar-refractivity contribution in [3.8, 4) is 28.7 Å². The molecule has 30 heavy (non-hydrogen) atoms. The lowest BCUT2D eigenvalue weighted by molar-refractivity contribution is 0.0696. The zero-order chi connectivity index (χ0) is 21.1. The van der Waals surface area contributed by atoms with Crippen molar-refractivity contribution in [2.75, 3.05) is 5.73 Å². The average Bonchev–Trinajstić information content (AvgIpc) is 3.22. The zero-order valence-electron chi connectivity index (χ0n) is 15.6. The lowest BCUT2D eigenvalue weighted by Gasteiger charge is -2.05. The van der Waals surface area contributed by atoms with Crippen LogP contribution < -0.4 is 5.73 Å². The van der Waals surface area contributed by atoms with Crippen LogP contribution in [-0.4, -0.2) is 36.0 Å². The molecule has 9 heteroatoms. The van der Waals surface area contributed by atoms with Gasteiger partial charge in [0.15, 0.2) is 0 Å². The molecule has 0 amide bonds. The molecule has 0 aliphatic heterocycles. The van der Waals surface area contributed by atoms with Gasteiger partial charge in [-0.15, -0.1) is 5.10 Å². The van der Waals surface area contributed by atoms with Crippen LogP contribution in [0.15, 0.2) is 60.8 Å². The normalized spacial score (nSPS) is 10.5. The Bertz CT molecular complexity index is 1290. The Kier molecular flexibility index (Phi) is 4.88. The molecular formula is C21H15N7O2. The van der Waals surface area contributed by atoms with Crippen molar-refractivity contribution in [2.24, 2.45) is 0 Å². The highest BCUT2D eigenvalue weighted by Crippen LogP contribution is 2.24. The molecular weight excluding hydrogens is 382 g/mol. The molecule has 0 saturated carbocycles. The quantitative estimate of drug-likeness (QED) is 0.523. The topological polar surface area (TPSA) is 144 Å². The molecule has 0 aliphatic rings. The third-order valence-electron chi connectivity index (χ3n) is 4.35. The molecule has 9 nitrogen and oxygen atoms in total. The van der Waals surface area contributed by atoms with Gasteiger partial charge in [-0.05, 0) is 35.9 Å². The van der Waals surface area contributed by atoms with E-state index in [-0.39, 0.29) is 11.5 Å². The molecule has 0 spiro atoms. The van der Waals surface area contributed by atoms with Gasteiger partial charge in [0.1, 0.15) is 5.69 Å². The Morgan fingerprint density at radius 3 is 2.67 bits per heavy atom. The third-order valence-corrected chi connectivity index (χ3v) is 4.35. The molecule has 4 rings (SSSR count). The van der Waals surface area contributed by atoms with Crippen LogP contribution >= 0.6 is 0 Å². The number of carboxylic acids is 1. The van der Waals surface area contributed by atoms with Gasteiger partial charge in [-0.2, -0.15) is 5.26 Å². The standard InChI is InChI=1S/C21H15N7O2/c22-10-13-3-1-5-15(7-13)17-9-18(25-21(23)24-17)19-12-28(27-26-19)11-14-4-2-6-16(8-14)20(29)30/h1-9,12H,11H2,(H,29,30)(H2,23,24,25). The summed E-state index contributed by atoms with van der Waals surface area (Å²) >= 11 is 0. The summed E-state index contributed by atoms with van der Waals surface area (Å²) in [6, 6.07) is 17.5. The summed E-state index contributed by atoms with van der Waals surface area (Å²) in [5, 5.41) is 26.5. The number of carbonyl (C=O) groups is 1. The van der Waals surface area contributed by atoms with Gasteiger partial charge >= 0.3 is 5.97 Å². The second-order valence-corrected chi connectivity index (χ2v) is 6.50. The van der Waals surface area contributed by atoms with E-state index in [0.717, 1.165) is 11.1 Å². The Morgan fingerprint density at radius 2 is 1.87 bits per heavy atom. The monoisotopic (exact) mass is 397 g/mol. The molecule has 0 unspecified atom stereocenters. The first-order chi connectivity index (χ1) is 14.5. The summed E-state index contributed by atoms with van der Waals surface area (Å²) in [5.74, 6) is -0.908. The molecule has 0 bridgehead atoms. The summed E-state index contributed by atoms with van der Waals surface area (Å²) < 4.78 is 1.59. The third kappa shape index (κ3) is 3.98. The average molecular weight is 397 g/mol. The molecule has 0 saturated heterocycles. The van der Waals surface area contributed by atoms with E-state index in [4.69, 9.17) is 16.1 Å². The molecule has 146 valence electrons. The number of aromatic carboxylic acids is 1. The van der Waals surface area contributed by atoms with Gasteiger partial charge in [-0.1, -0.05) is 29.5 Å². The van der Waals surface area contributed by atoms with Crippen molar-refractivity contribution in [2.45, 2.75) is 6.54 Å². The number of anilines is 1. The van der Waals surface area contributed by atoms with E-state index in [2.05, 4.69) is 26.3 Å². The van der Waals surface area contributed by atoms with Gasteiger partial charge in [0.05, 0.1) is 41.3 Å². The molecule has 0 fully saturated rings. The summed E-state index contributed by atoms with van der Waals surface area (Å²) in [6.45, 7) is 0.353. The number of nitrogens with zero attached hydrogens (tertiary/aromatic N) is 6. The summed E-state index contributed by atoms with van der Waals surface area (Å²) in [4.78, 5) is 19.6. The minimum atomic E-state index is -0.986. The lowest BCUT2D eigenvalue weighted by atomic mass is 10.1. The Balaban J connectivity index is 1.63. The molecule has 2 aromatic heterocycles. The molecule has 0 atom stereocenters. The van der Waals surface area contributed by atoms with E-state index in [1.165, 1.54) is 6.07 Å². The maximum absolute atomic E-state index is 11.1. The first-order valence-electron chi connectivity index (χ1n) is 8.89. The highest BCUT2D eigenvalue weighted by molar-refractivity contribution is 5.87. The number of rotatable bonds is 5. The number of hydrogen-bond donors (Lipinski definition) is 2. The van der Waals surface area contributed by atoms with Crippen LogP contribution in [0.4, 0.5) is 5.95 Å². The van der Waals surface area contributed by atoms with Crippen LogP contribution in [0.2, 0.25) is 0 Å². The lowest BCUT2D eigenvalue weighted by Crippen LogP contribution is -2.03. The maximum Gasteiger partial charge on any atom is 0.335 e. The van der Waals surface area contributed by atoms with E-state index in [0.29, 0.717) is 29.2 Å². The second kappa shape index (κ2) is 7.81. The van der Waals surface area contributed by atoms with Crippen LogP contribution in [0.5, 0.6) is 0 Å². The van der Waals surface area contributed by atoms with Gasteiger partial charge in [-0.25, -0.2) is 19.4 Å². The summed E-state index contributed by atoms with van der Waals surface area (Å²) in [6.07, 6.45) is 1.70. The molecule has 2 heterocycles. The van der Waals surface area contributed by atoms with Gasteiger partial charge in [0, 0.05) is 5.56 Å². The van der Waals surface area contributed by atoms with Crippen molar-refractivity contribution in [3.05, 3.63) is 77.5 Å². The Morgan fingerprint density at radius 1 is 1.07 bits per heavy atom. The number of nitrogens with two attached hydrogens (primary N) is 1. The number of aromatic nitrogens is 5. The highest BCUT2D eigenvalue weighted by Gasteiger charge is 2.12. The fraction of sp³-hybridized carbons (Fsp3) is 0.0476. The molecule has 3 N–H and O–H groups in total. The SMILES string of the molecule is N#Cc1cccc(-c2cc(-c3cn(Cc4cccc(C(=O)O)c4)nn3)nc(N)n2)c1. The van der Waals surface area contributed by atoms with E-state index < -0.39 is 5.97 Å². The van der Waals surface area contributed by atoms with E-state index in [1.54, 1.807) is 47.3 Å². The maximum atomic E-state index is 11.1. The van der Waals surface area contributed by atoms with Crippen LogP contribution in [0, 0.1) is 11.3 Å². The van der Waals surface area contributed by atoms with E-state index >= 15 is 0 Å². The first kappa shape index (κ1) is 18.8. The minimum Gasteiger partial charge on any atom is -0.478 e. The van der Waals surface area contributed by atoms with Crippen LogP contribution in [0.25, 0.3) is 22.6 Å². The van der Waals surface area contributed by atoms with Crippen LogP contribution in [0.1, 0.15) is 21.5 Å². The number of hydrogen-bond acceptors (Lipinski definition) is 7. The largest absolute Gasteiger partial charge is 0.478 e. The number of nitriles is 1. The van der Waals surface area contributed by atoms with Gasteiger partial charge in [-0.3, -0.25) is 0 Å². The van der Waals surface area contributed by atoms with Crippen LogP contribution in [-0.2, 0) is 6.54 Å². The minimum absolute atomic E-state index is 0.0774. The van der Waals surface area contributed by atoms with E-state index in [9.17, 15) is 4.79 Å². The number of nitrogen functional groups attached to an aromatic ring is 1. The highest BCUT2D eigenvalue weighted by atomic mass is 16.4. The molecule has 0 aliphatic carbocycles. The smallest absolute Gasteiger partial charge is 0.335 e.